The summed E-state index contributed by atoms with van der Waals surface area (Å²) in [6, 6.07) is 3.67. The van der Waals surface area contributed by atoms with Gasteiger partial charge in [-0.1, -0.05) is 0 Å². The Morgan fingerprint density at radius 3 is 3.19 bits per heavy atom. The van der Waals surface area contributed by atoms with Crippen LogP contribution in [-0.2, 0) is 6.42 Å². The maximum atomic E-state index is 10.4. The number of halogens is 1. The van der Waals surface area contributed by atoms with Crippen LogP contribution in [0.25, 0.3) is 4.96 Å². The number of aromatic nitrogens is 2. The van der Waals surface area contributed by atoms with E-state index in [1.54, 1.807) is 11.3 Å². The molecule has 0 saturated heterocycles. The van der Waals surface area contributed by atoms with Gasteiger partial charge >= 0.3 is 0 Å². The second-order valence-corrected chi connectivity index (χ2v) is 6.51. The van der Waals surface area contributed by atoms with Crippen LogP contribution in [0.15, 0.2) is 34.4 Å². The van der Waals surface area contributed by atoms with Gasteiger partial charge in [0.25, 0.3) is 0 Å². The van der Waals surface area contributed by atoms with Gasteiger partial charge in [-0.3, -0.25) is 4.40 Å². The Morgan fingerprint density at radius 2 is 2.33 bits per heavy atom. The Labute approximate surface area is 132 Å². The van der Waals surface area contributed by atoms with Crippen molar-refractivity contribution in [3.05, 3.63) is 45.6 Å². The summed E-state index contributed by atoms with van der Waals surface area (Å²) in [6.45, 7) is 0.213. The Kier molecular flexibility index (Phi) is 3.13. The van der Waals surface area contributed by atoms with Gasteiger partial charge in [-0.25, -0.2) is 4.98 Å². The topological polar surface area (TPSA) is 56.0 Å². The van der Waals surface area contributed by atoms with Gasteiger partial charge in [0.2, 0.25) is 6.79 Å². The normalized spacial score (nSPS) is 14.8. The van der Waals surface area contributed by atoms with Crippen molar-refractivity contribution in [1.29, 1.82) is 0 Å². The van der Waals surface area contributed by atoms with Gasteiger partial charge in [0.1, 0.15) is 0 Å². The van der Waals surface area contributed by atoms with Crippen molar-refractivity contribution in [1.82, 2.24) is 9.38 Å². The van der Waals surface area contributed by atoms with Gasteiger partial charge in [0.15, 0.2) is 16.5 Å². The monoisotopic (exact) mass is 366 g/mol. The van der Waals surface area contributed by atoms with Crippen LogP contribution in [0.2, 0.25) is 0 Å². The number of thiazole rings is 1. The Balaban J connectivity index is 1.61. The minimum atomic E-state index is -0.639. The van der Waals surface area contributed by atoms with E-state index in [1.807, 2.05) is 34.3 Å². The highest BCUT2D eigenvalue weighted by Gasteiger charge is 2.21. The highest BCUT2D eigenvalue weighted by Crippen LogP contribution is 2.41. The average Bonchev–Trinajstić information content (AvgIpc) is 3.12. The summed E-state index contributed by atoms with van der Waals surface area (Å²) >= 11 is 5.02. The van der Waals surface area contributed by atoms with E-state index in [0.717, 1.165) is 20.7 Å². The van der Waals surface area contributed by atoms with Gasteiger partial charge in [0.05, 0.1) is 16.3 Å². The second-order valence-electron chi connectivity index (χ2n) is 4.78. The number of nitrogens with zero attached hydrogens (tertiary/aromatic N) is 2. The first-order chi connectivity index (χ1) is 10.2. The maximum Gasteiger partial charge on any atom is 0.231 e. The summed E-state index contributed by atoms with van der Waals surface area (Å²) in [4.78, 5) is 5.42. The number of hydrogen-bond donors (Lipinski definition) is 1. The van der Waals surface area contributed by atoms with Crippen LogP contribution in [0.5, 0.6) is 11.5 Å². The maximum absolute atomic E-state index is 10.4. The zero-order valence-corrected chi connectivity index (χ0v) is 13.2. The molecule has 1 unspecified atom stereocenters. The highest BCUT2D eigenvalue weighted by atomic mass is 79.9. The lowest BCUT2D eigenvalue weighted by Crippen LogP contribution is -2.02. The third-order valence-corrected chi connectivity index (χ3v) is 4.74. The molecule has 3 aromatic rings. The van der Waals surface area contributed by atoms with E-state index in [-0.39, 0.29) is 6.79 Å². The van der Waals surface area contributed by atoms with Crippen molar-refractivity contribution in [2.75, 3.05) is 6.79 Å². The minimum absolute atomic E-state index is 0.213. The molecule has 0 fully saturated rings. The molecular weight excluding hydrogens is 356 g/mol. The van der Waals surface area contributed by atoms with Gasteiger partial charge in [-0.05, 0) is 33.6 Å². The Bertz CT molecular complexity index is 785. The standard InChI is InChI=1S/C14H11BrN2O3S/c15-10-3-8(4-12-13(10)20-7-19-12)11(18)5-9-6-17-1-2-21-14(17)16-9/h1-4,6,11,18H,5,7H2. The molecule has 21 heavy (non-hydrogen) atoms. The summed E-state index contributed by atoms with van der Waals surface area (Å²) in [6.07, 6.45) is 3.72. The molecule has 0 bridgehead atoms. The molecule has 0 amide bonds. The lowest BCUT2D eigenvalue weighted by Gasteiger charge is -2.11. The predicted octanol–water partition coefficient (Wildman–Crippen LogP) is 3.16. The smallest absolute Gasteiger partial charge is 0.231 e. The number of rotatable bonds is 3. The summed E-state index contributed by atoms with van der Waals surface area (Å²) in [5.41, 5.74) is 1.64. The molecule has 5 nitrogen and oxygen atoms in total. The fraction of sp³-hybridized carbons (Fsp3) is 0.214. The SMILES string of the molecule is OC(Cc1cn2ccsc2n1)c1cc(Br)c2c(c1)OCO2. The second kappa shape index (κ2) is 5.01. The summed E-state index contributed by atoms with van der Waals surface area (Å²) in [5, 5.41) is 12.4. The molecule has 2 aromatic heterocycles. The molecular formula is C14H11BrN2O3S. The van der Waals surface area contributed by atoms with E-state index in [1.165, 1.54) is 0 Å². The number of hydrogen-bond acceptors (Lipinski definition) is 5. The van der Waals surface area contributed by atoms with Crippen LogP contribution in [-0.4, -0.2) is 21.3 Å². The van der Waals surface area contributed by atoms with Crippen LogP contribution in [0, 0.1) is 0 Å². The largest absolute Gasteiger partial charge is 0.454 e. The lowest BCUT2D eigenvalue weighted by atomic mass is 10.0. The molecule has 1 aliphatic rings. The van der Waals surface area contributed by atoms with Crippen molar-refractivity contribution in [2.45, 2.75) is 12.5 Å². The first kappa shape index (κ1) is 13.1. The fourth-order valence-electron chi connectivity index (χ4n) is 2.37. The number of fused-ring (bicyclic) bond motifs is 2. The van der Waals surface area contributed by atoms with Crippen molar-refractivity contribution >= 4 is 32.2 Å². The van der Waals surface area contributed by atoms with Gasteiger partial charge < -0.3 is 14.6 Å². The molecule has 0 saturated carbocycles. The number of aliphatic hydroxyl groups excluding tert-OH is 1. The van der Waals surface area contributed by atoms with E-state index in [4.69, 9.17) is 9.47 Å². The van der Waals surface area contributed by atoms with Crippen molar-refractivity contribution in [3.8, 4) is 11.5 Å². The molecule has 0 spiro atoms. The van der Waals surface area contributed by atoms with E-state index >= 15 is 0 Å². The highest BCUT2D eigenvalue weighted by molar-refractivity contribution is 9.10. The van der Waals surface area contributed by atoms with Crippen molar-refractivity contribution < 1.29 is 14.6 Å². The van der Waals surface area contributed by atoms with Gasteiger partial charge in [0, 0.05) is 24.2 Å². The molecule has 1 atom stereocenters. The molecule has 108 valence electrons. The zero-order valence-electron chi connectivity index (χ0n) is 10.8. The predicted molar refractivity (Wildman–Crippen MR) is 82.0 cm³/mol. The number of imidazole rings is 1. The van der Waals surface area contributed by atoms with Gasteiger partial charge in [-0.15, -0.1) is 11.3 Å². The van der Waals surface area contributed by atoms with Crippen LogP contribution >= 0.6 is 27.3 Å². The molecule has 1 aromatic carbocycles. The van der Waals surface area contributed by atoms with Crippen LogP contribution in [0.4, 0.5) is 0 Å². The first-order valence-electron chi connectivity index (χ1n) is 6.39. The quantitative estimate of drug-likeness (QED) is 0.773. The molecule has 3 heterocycles. The van der Waals surface area contributed by atoms with E-state index in [0.29, 0.717) is 17.9 Å². The minimum Gasteiger partial charge on any atom is -0.454 e. The number of ether oxygens (including phenoxy) is 2. The van der Waals surface area contributed by atoms with Crippen LogP contribution in [0.3, 0.4) is 0 Å². The molecule has 4 rings (SSSR count). The number of aliphatic hydroxyl groups is 1. The molecule has 7 heteroatoms. The van der Waals surface area contributed by atoms with E-state index in [2.05, 4.69) is 20.9 Å². The molecule has 0 radical (unpaired) electrons. The van der Waals surface area contributed by atoms with Crippen LogP contribution < -0.4 is 9.47 Å². The summed E-state index contributed by atoms with van der Waals surface area (Å²) in [7, 11) is 0. The van der Waals surface area contributed by atoms with Crippen LogP contribution in [0.1, 0.15) is 17.4 Å². The fourth-order valence-corrected chi connectivity index (χ4v) is 3.66. The Morgan fingerprint density at radius 1 is 1.43 bits per heavy atom. The molecule has 0 aliphatic carbocycles. The van der Waals surface area contributed by atoms with E-state index < -0.39 is 6.10 Å². The third kappa shape index (κ3) is 2.31. The zero-order chi connectivity index (χ0) is 14.4. The Hall–Kier alpha value is -1.57. The lowest BCUT2D eigenvalue weighted by molar-refractivity contribution is 0.171. The van der Waals surface area contributed by atoms with Crippen molar-refractivity contribution in [2.24, 2.45) is 0 Å². The molecule has 1 aliphatic heterocycles. The third-order valence-electron chi connectivity index (χ3n) is 3.38. The van der Waals surface area contributed by atoms with Gasteiger partial charge in [-0.2, -0.15) is 0 Å². The number of benzene rings is 1. The van der Waals surface area contributed by atoms with E-state index in [9.17, 15) is 5.11 Å². The summed E-state index contributed by atoms with van der Waals surface area (Å²) in [5.74, 6) is 1.35. The average molecular weight is 367 g/mol. The summed E-state index contributed by atoms with van der Waals surface area (Å²) < 4.78 is 13.5. The first-order valence-corrected chi connectivity index (χ1v) is 8.06. The molecule has 1 N–H and O–H groups in total. The van der Waals surface area contributed by atoms with Crippen molar-refractivity contribution in [3.63, 3.8) is 0 Å².